The standard InChI is InChI=1S/C11H11F5N2OS.ClH/c12-10(13,5-17)6-18-9(19)7-1-3-8(4-2-7)20-11(14,15)16;/h1-4H,5-6,17H2,(H,18,19);1H. The number of carbonyl (C=O) groups is 1. The van der Waals surface area contributed by atoms with Crippen LogP contribution >= 0.6 is 24.2 Å². The topological polar surface area (TPSA) is 55.1 Å². The number of carbonyl (C=O) groups excluding carboxylic acids is 1. The van der Waals surface area contributed by atoms with E-state index in [0.29, 0.717) is 0 Å². The predicted octanol–water partition coefficient (Wildman–Crippen LogP) is 3.04. The first kappa shape index (κ1) is 19.9. The molecule has 0 fully saturated rings. The molecule has 3 nitrogen and oxygen atoms in total. The first-order chi connectivity index (χ1) is 9.13. The lowest BCUT2D eigenvalue weighted by Crippen LogP contribution is -2.41. The van der Waals surface area contributed by atoms with Gasteiger partial charge in [-0.1, -0.05) is 0 Å². The monoisotopic (exact) mass is 350 g/mol. The molecule has 1 aromatic rings. The lowest BCUT2D eigenvalue weighted by molar-refractivity contribution is -0.0328. The Balaban J connectivity index is 0.00000400. The zero-order valence-electron chi connectivity index (χ0n) is 10.4. The van der Waals surface area contributed by atoms with E-state index in [1.807, 2.05) is 5.32 Å². The average molecular weight is 351 g/mol. The van der Waals surface area contributed by atoms with Gasteiger partial charge < -0.3 is 11.1 Å². The number of nitrogens with two attached hydrogens (primary N) is 1. The van der Waals surface area contributed by atoms with E-state index in [0.717, 1.165) is 24.3 Å². The van der Waals surface area contributed by atoms with E-state index in [1.54, 1.807) is 0 Å². The molecule has 10 heteroatoms. The van der Waals surface area contributed by atoms with E-state index in [-0.39, 0.29) is 34.6 Å². The smallest absolute Gasteiger partial charge is 0.346 e. The number of benzene rings is 1. The summed E-state index contributed by atoms with van der Waals surface area (Å²) in [5.74, 6) is -4.02. The van der Waals surface area contributed by atoms with Gasteiger partial charge in [0.25, 0.3) is 11.8 Å². The van der Waals surface area contributed by atoms with Crippen LogP contribution in [-0.4, -0.2) is 30.4 Å². The molecule has 0 saturated carbocycles. The summed E-state index contributed by atoms with van der Waals surface area (Å²) < 4.78 is 61.9. The number of alkyl halides is 5. The number of halogens is 6. The van der Waals surface area contributed by atoms with Crippen LogP contribution in [0.3, 0.4) is 0 Å². The molecule has 0 radical (unpaired) electrons. The first-order valence-corrected chi connectivity index (χ1v) is 6.16. The molecular formula is C11H12ClF5N2OS. The van der Waals surface area contributed by atoms with Crippen molar-refractivity contribution in [3.8, 4) is 0 Å². The molecule has 0 saturated heterocycles. The third-order valence-corrected chi connectivity index (χ3v) is 2.90. The lowest BCUT2D eigenvalue weighted by Gasteiger charge is -2.14. The van der Waals surface area contributed by atoms with Gasteiger partial charge in [-0.25, -0.2) is 8.78 Å². The van der Waals surface area contributed by atoms with E-state index in [9.17, 15) is 26.7 Å². The Morgan fingerprint density at radius 2 is 1.67 bits per heavy atom. The molecule has 0 aliphatic rings. The number of nitrogens with one attached hydrogen (secondary N) is 1. The molecule has 21 heavy (non-hydrogen) atoms. The van der Waals surface area contributed by atoms with Gasteiger partial charge in [-0.3, -0.25) is 4.79 Å². The minimum absolute atomic E-state index is 0. The van der Waals surface area contributed by atoms with E-state index in [1.165, 1.54) is 0 Å². The van der Waals surface area contributed by atoms with Gasteiger partial charge in [-0.15, -0.1) is 12.4 Å². The Morgan fingerprint density at radius 1 is 1.14 bits per heavy atom. The third kappa shape index (κ3) is 7.49. The normalized spacial score (nSPS) is 11.7. The Kier molecular flexibility index (Phi) is 7.41. The van der Waals surface area contributed by atoms with Crippen LogP contribution in [0.1, 0.15) is 10.4 Å². The van der Waals surface area contributed by atoms with Gasteiger partial charge in [0.1, 0.15) is 0 Å². The van der Waals surface area contributed by atoms with Crippen molar-refractivity contribution in [1.82, 2.24) is 5.32 Å². The molecule has 3 N–H and O–H groups in total. The highest BCUT2D eigenvalue weighted by Crippen LogP contribution is 2.36. The predicted molar refractivity (Wildman–Crippen MR) is 71.9 cm³/mol. The van der Waals surface area contributed by atoms with Gasteiger partial charge in [-0.05, 0) is 36.0 Å². The molecule has 0 aliphatic heterocycles. The van der Waals surface area contributed by atoms with Gasteiger partial charge in [0.2, 0.25) is 0 Å². The van der Waals surface area contributed by atoms with Crippen LogP contribution in [0.15, 0.2) is 29.2 Å². The minimum atomic E-state index is -4.42. The molecule has 1 aromatic carbocycles. The van der Waals surface area contributed by atoms with Crippen molar-refractivity contribution in [3.63, 3.8) is 0 Å². The summed E-state index contributed by atoms with van der Waals surface area (Å²) in [4.78, 5) is 11.4. The van der Waals surface area contributed by atoms with Gasteiger partial charge >= 0.3 is 5.51 Å². The Hall–Kier alpha value is -1.06. The molecule has 0 aromatic heterocycles. The van der Waals surface area contributed by atoms with Gasteiger partial charge in [-0.2, -0.15) is 13.2 Å². The van der Waals surface area contributed by atoms with Crippen molar-refractivity contribution in [1.29, 1.82) is 0 Å². The Labute approximate surface area is 127 Å². The first-order valence-electron chi connectivity index (χ1n) is 5.35. The zero-order chi connectivity index (χ0) is 15.4. The van der Waals surface area contributed by atoms with Gasteiger partial charge in [0.05, 0.1) is 13.1 Å². The molecule has 0 heterocycles. The Bertz CT molecular complexity index is 467. The van der Waals surface area contributed by atoms with E-state index in [4.69, 9.17) is 5.73 Å². The van der Waals surface area contributed by atoms with Crippen LogP contribution in [0.4, 0.5) is 22.0 Å². The minimum Gasteiger partial charge on any atom is -0.346 e. The third-order valence-electron chi connectivity index (χ3n) is 2.16. The second kappa shape index (κ2) is 7.81. The summed E-state index contributed by atoms with van der Waals surface area (Å²) >= 11 is -0.326. The molecule has 120 valence electrons. The highest BCUT2D eigenvalue weighted by atomic mass is 35.5. The number of thioether (sulfide) groups is 1. The van der Waals surface area contributed by atoms with Crippen LogP contribution < -0.4 is 11.1 Å². The SMILES string of the molecule is Cl.NCC(F)(F)CNC(=O)c1ccc(SC(F)(F)F)cc1. The van der Waals surface area contributed by atoms with Crippen LogP contribution in [-0.2, 0) is 0 Å². The summed E-state index contributed by atoms with van der Waals surface area (Å²) in [6.45, 7) is -1.84. The molecule has 0 bridgehead atoms. The molecule has 0 atom stereocenters. The molecule has 0 spiro atoms. The van der Waals surface area contributed by atoms with Crippen molar-refractivity contribution in [3.05, 3.63) is 29.8 Å². The summed E-state index contributed by atoms with van der Waals surface area (Å²) in [6.07, 6.45) is 0. The van der Waals surface area contributed by atoms with Gasteiger partial charge in [0.15, 0.2) is 0 Å². The van der Waals surface area contributed by atoms with Crippen molar-refractivity contribution in [2.24, 2.45) is 5.73 Å². The number of amides is 1. The highest BCUT2D eigenvalue weighted by molar-refractivity contribution is 8.00. The summed E-state index contributed by atoms with van der Waals surface area (Å²) in [5.41, 5.74) is 0.366. The second-order valence-electron chi connectivity index (χ2n) is 3.81. The fourth-order valence-corrected chi connectivity index (χ4v) is 1.73. The van der Waals surface area contributed by atoms with Crippen LogP contribution in [0.2, 0.25) is 0 Å². The highest BCUT2D eigenvalue weighted by Gasteiger charge is 2.29. The van der Waals surface area contributed by atoms with Crippen molar-refractivity contribution in [2.75, 3.05) is 13.1 Å². The second-order valence-corrected chi connectivity index (χ2v) is 4.95. The van der Waals surface area contributed by atoms with Crippen LogP contribution in [0, 0.1) is 0 Å². The zero-order valence-corrected chi connectivity index (χ0v) is 12.0. The molecule has 0 aliphatic carbocycles. The fourth-order valence-electron chi connectivity index (χ4n) is 1.19. The fraction of sp³-hybridized carbons (Fsp3) is 0.364. The summed E-state index contributed by atoms with van der Waals surface area (Å²) in [7, 11) is 0. The van der Waals surface area contributed by atoms with Crippen molar-refractivity contribution >= 4 is 30.1 Å². The summed E-state index contributed by atoms with van der Waals surface area (Å²) in [6, 6.07) is 4.44. The van der Waals surface area contributed by atoms with Crippen molar-refractivity contribution < 1.29 is 26.7 Å². The number of hydrogen-bond acceptors (Lipinski definition) is 3. The maximum atomic E-state index is 12.8. The molecule has 1 amide bonds. The largest absolute Gasteiger partial charge is 0.446 e. The lowest BCUT2D eigenvalue weighted by atomic mass is 10.2. The average Bonchev–Trinajstić information content (AvgIpc) is 2.35. The number of rotatable bonds is 5. The quantitative estimate of drug-likeness (QED) is 0.634. The Morgan fingerprint density at radius 3 is 2.10 bits per heavy atom. The molecule has 1 rings (SSSR count). The maximum absolute atomic E-state index is 12.8. The van der Waals surface area contributed by atoms with E-state index >= 15 is 0 Å². The van der Waals surface area contributed by atoms with Gasteiger partial charge in [0, 0.05) is 10.5 Å². The summed E-state index contributed by atoms with van der Waals surface area (Å²) in [5, 5.41) is 1.96. The van der Waals surface area contributed by atoms with Crippen LogP contribution in [0.5, 0.6) is 0 Å². The number of hydrogen-bond donors (Lipinski definition) is 2. The maximum Gasteiger partial charge on any atom is 0.446 e. The molecular weight excluding hydrogens is 339 g/mol. The van der Waals surface area contributed by atoms with Crippen LogP contribution in [0.25, 0.3) is 0 Å². The van der Waals surface area contributed by atoms with E-state index in [2.05, 4.69) is 0 Å². The van der Waals surface area contributed by atoms with E-state index < -0.39 is 30.4 Å². The van der Waals surface area contributed by atoms with Crippen molar-refractivity contribution in [2.45, 2.75) is 16.3 Å². The molecule has 0 unspecified atom stereocenters.